The molecule has 2 rings (SSSR count). The number of phosphoric acid groups is 1. The van der Waals surface area contributed by atoms with Gasteiger partial charge in [0.1, 0.15) is 61.0 Å². The van der Waals surface area contributed by atoms with E-state index in [-0.39, 0.29) is 12.8 Å². The first-order valence-electron chi connectivity index (χ1n) is 20.5. The van der Waals surface area contributed by atoms with Gasteiger partial charge in [-0.1, -0.05) is 104 Å². The van der Waals surface area contributed by atoms with Crippen LogP contribution >= 0.6 is 7.82 Å². The van der Waals surface area contributed by atoms with E-state index in [0.717, 1.165) is 19.3 Å². The molecule has 0 aromatic carbocycles. The lowest BCUT2D eigenvalue weighted by atomic mass is 9.99. The second-order valence-corrected chi connectivity index (χ2v) is 16.1. The molecule has 2 fully saturated rings. The molecule has 0 bridgehead atoms. The van der Waals surface area contributed by atoms with E-state index in [0.29, 0.717) is 6.42 Å². The molecule has 2 heterocycles. The van der Waals surface area contributed by atoms with Crippen LogP contribution in [-0.4, -0.2) is 153 Å². The maximum absolute atomic E-state index is 13.0. The SMILES string of the molecule is CCCCCCCCCCCCCCCCCC(=O)OC(CC)COP(=O)([O-])OC(COC1OC(CO)C(O)C(O)C1O)COC1OC(CO)C(O)C(O)C1O. The first-order valence-corrected chi connectivity index (χ1v) is 21.9. The van der Waals surface area contributed by atoms with E-state index in [9.17, 15) is 55.1 Å². The highest BCUT2D eigenvalue weighted by Gasteiger charge is 2.46. The van der Waals surface area contributed by atoms with Gasteiger partial charge in [0.05, 0.1) is 33.0 Å². The summed E-state index contributed by atoms with van der Waals surface area (Å²) in [6.07, 6.45) is -0.896. The molecule has 12 atom stereocenters. The highest BCUT2D eigenvalue weighted by Crippen LogP contribution is 2.41. The molecule has 0 aromatic rings. The zero-order valence-corrected chi connectivity index (χ0v) is 34.0. The maximum Gasteiger partial charge on any atom is 0.306 e. The van der Waals surface area contributed by atoms with Crippen molar-refractivity contribution < 1.29 is 87.8 Å². The molecule has 19 heteroatoms. The minimum Gasteiger partial charge on any atom is -0.756 e. The molecule has 2 aliphatic rings. The molecule has 56 heavy (non-hydrogen) atoms. The van der Waals surface area contributed by atoms with Gasteiger partial charge in [-0.05, 0) is 12.8 Å². The van der Waals surface area contributed by atoms with Crippen LogP contribution in [0.25, 0.3) is 0 Å². The Balaban J connectivity index is 1.81. The summed E-state index contributed by atoms with van der Waals surface area (Å²) in [5, 5.41) is 79.8. The maximum atomic E-state index is 13.0. The molecule has 2 saturated heterocycles. The molecule has 8 N–H and O–H groups in total. The zero-order chi connectivity index (χ0) is 41.5. The van der Waals surface area contributed by atoms with Crippen LogP contribution in [0.3, 0.4) is 0 Å². The number of esters is 1. The summed E-state index contributed by atoms with van der Waals surface area (Å²) in [5.41, 5.74) is 0. The zero-order valence-electron chi connectivity index (χ0n) is 33.1. The lowest BCUT2D eigenvalue weighted by molar-refractivity contribution is -0.316. The van der Waals surface area contributed by atoms with Crippen LogP contribution in [0.1, 0.15) is 123 Å². The minimum atomic E-state index is -5.23. The molecule has 332 valence electrons. The van der Waals surface area contributed by atoms with Gasteiger partial charge in [0.15, 0.2) is 12.6 Å². The number of aliphatic hydroxyl groups excluding tert-OH is 8. The molecule has 0 aliphatic carbocycles. The first kappa shape index (κ1) is 51.2. The normalized spacial score (nSPS) is 30.5. The summed E-state index contributed by atoms with van der Waals surface area (Å²) in [4.78, 5) is 25.4. The molecule has 0 spiro atoms. The second kappa shape index (κ2) is 28.5. The monoisotopic (exact) mass is 833 g/mol. The molecule has 18 nitrogen and oxygen atoms in total. The summed E-state index contributed by atoms with van der Waals surface area (Å²) in [5.74, 6) is -0.490. The van der Waals surface area contributed by atoms with Crippen LogP contribution < -0.4 is 4.89 Å². The number of unbranched alkanes of at least 4 members (excludes halogenated alkanes) is 14. The highest BCUT2D eigenvalue weighted by molar-refractivity contribution is 7.45. The molecule has 0 saturated carbocycles. The summed E-state index contributed by atoms with van der Waals surface area (Å²) in [7, 11) is -5.23. The van der Waals surface area contributed by atoms with Crippen LogP contribution in [0, 0.1) is 0 Å². The van der Waals surface area contributed by atoms with Crippen LogP contribution in [0.2, 0.25) is 0 Å². The van der Waals surface area contributed by atoms with E-state index in [1.54, 1.807) is 6.92 Å². The van der Waals surface area contributed by atoms with Crippen molar-refractivity contribution in [3.63, 3.8) is 0 Å². The third kappa shape index (κ3) is 19.0. The van der Waals surface area contributed by atoms with Crippen molar-refractivity contribution in [2.45, 2.75) is 197 Å². The number of carbonyl (C=O) groups excluding carboxylic acids is 1. The van der Waals surface area contributed by atoms with Crippen molar-refractivity contribution in [2.24, 2.45) is 0 Å². The van der Waals surface area contributed by atoms with Crippen molar-refractivity contribution in [1.29, 1.82) is 0 Å². The summed E-state index contributed by atoms with van der Waals surface area (Å²) >= 11 is 0. The Hall–Kier alpha value is -0.900. The quantitative estimate of drug-likeness (QED) is 0.0275. The highest BCUT2D eigenvalue weighted by atomic mass is 31.2. The number of rotatable bonds is 31. The van der Waals surface area contributed by atoms with Gasteiger partial charge in [-0.15, -0.1) is 0 Å². The fraction of sp³-hybridized carbons (Fsp3) is 0.973. The standard InChI is InChI=1S/C37H71O18P/c1-3-5-6-7-8-9-10-11-12-13-14-15-16-17-18-19-29(40)52-25(4-2)24-51-56(47,48)55-26(22-49-36-34(45)32(43)30(41)27(20-38)53-36)23-50-37-35(46)33(44)31(42)28(21-39)54-37/h25-28,30-39,41-46H,3-24H2,1-2H3,(H,47,48)/p-1. The van der Waals surface area contributed by atoms with Crippen molar-refractivity contribution in [3.8, 4) is 0 Å². The summed E-state index contributed by atoms with van der Waals surface area (Å²) < 4.78 is 50.0. The van der Waals surface area contributed by atoms with Gasteiger partial charge in [0.2, 0.25) is 0 Å². The smallest absolute Gasteiger partial charge is 0.306 e. The number of hydrogen-bond acceptors (Lipinski definition) is 18. The van der Waals surface area contributed by atoms with E-state index in [4.69, 9.17) is 32.7 Å². The number of aliphatic hydroxyl groups is 8. The Morgan fingerprint density at radius 1 is 0.607 bits per heavy atom. The third-order valence-corrected chi connectivity index (χ3v) is 11.0. The molecular weight excluding hydrogens is 763 g/mol. The van der Waals surface area contributed by atoms with Crippen molar-refractivity contribution >= 4 is 13.8 Å². The van der Waals surface area contributed by atoms with Gasteiger partial charge in [-0.2, -0.15) is 0 Å². The van der Waals surface area contributed by atoms with E-state index in [1.165, 1.54) is 70.6 Å². The fourth-order valence-corrected chi connectivity index (χ4v) is 7.33. The van der Waals surface area contributed by atoms with Crippen molar-refractivity contribution in [1.82, 2.24) is 0 Å². The average Bonchev–Trinajstić information content (AvgIpc) is 3.18. The van der Waals surface area contributed by atoms with E-state index in [2.05, 4.69) is 6.92 Å². The van der Waals surface area contributed by atoms with Crippen LogP contribution in [-0.2, 0) is 42.1 Å². The van der Waals surface area contributed by atoms with Crippen molar-refractivity contribution in [2.75, 3.05) is 33.0 Å². The number of ether oxygens (including phenoxy) is 5. The van der Waals surface area contributed by atoms with Gasteiger partial charge < -0.3 is 78.5 Å². The Morgan fingerprint density at radius 3 is 1.41 bits per heavy atom. The van der Waals surface area contributed by atoms with Gasteiger partial charge in [-0.25, -0.2) is 0 Å². The predicted molar refractivity (Wildman–Crippen MR) is 198 cm³/mol. The minimum absolute atomic E-state index is 0.174. The lowest BCUT2D eigenvalue weighted by Gasteiger charge is -2.41. The van der Waals surface area contributed by atoms with Gasteiger partial charge in [0.25, 0.3) is 7.82 Å². The van der Waals surface area contributed by atoms with Gasteiger partial charge in [-0.3, -0.25) is 9.36 Å². The summed E-state index contributed by atoms with van der Waals surface area (Å²) in [6.45, 7) is 0.331. The predicted octanol–water partition coefficient (Wildman–Crippen LogP) is 1.07. The summed E-state index contributed by atoms with van der Waals surface area (Å²) in [6, 6.07) is 0. The van der Waals surface area contributed by atoms with Crippen LogP contribution in [0.4, 0.5) is 0 Å². The lowest BCUT2D eigenvalue weighted by Crippen LogP contribution is -2.60. The van der Waals surface area contributed by atoms with E-state index in [1.807, 2.05) is 0 Å². The van der Waals surface area contributed by atoms with Gasteiger partial charge >= 0.3 is 5.97 Å². The number of carbonyl (C=O) groups is 1. The molecule has 0 radical (unpaired) electrons. The van der Waals surface area contributed by atoms with E-state index >= 15 is 0 Å². The fourth-order valence-electron chi connectivity index (χ4n) is 6.43. The molecule has 2 aliphatic heterocycles. The molecule has 12 unspecified atom stereocenters. The number of phosphoric ester groups is 1. The third-order valence-electron chi connectivity index (χ3n) is 10.0. The molecule has 0 amide bonds. The average molecular weight is 834 g/mol. The molecule has 0 aromatic heterocycles. The second-order valence-electron chi connectivity index (χ2n) is 14.8. The largest absolute Gasteiger partial charge is 0.756 e. The van der Waals surface area contributed by atoms with Gasteiger partial charge in [0, 0.05) is 6.42 Å². The van der Waals surface area contributed by atoms with Crippen LogP contribution in [0.5, 0.6) is 0 Å². The Kier molecular flexibility index (Phi) is 26.1. The Bertz CT molecular complexity index is 1030. The molecular formula is C37H70O18P-. The Labute approximate surface area is 331 Å². The number of hydrogen-bond donors (Lipinski definition) is 8. The topological polar surface area (TPSA) is 284 Å². The van der Waals surface area contributed by atoms with Crippen LogP contribution in [0.15, 0.2) is 0 Å². The van der Waals surface area contributed by atoms with Crippen molar-refractivity contribution in [3.05, 3.63) is 0 Å². The first-order chi connectivity index (χ1) is 26.8. The Morgan fingerprint density at radius 2 is 1.02 bits per heavy atom. The van der Waals surface area contributed by atoms with E-state index < -0.39 is 120 Å².